The summed E-state index contributed by atoms with van der Waals surface area (Å²) in [5.41, 5.74) is 0. The summed E-state index contributed by atoms with van der Waals surface area (Å²) >= 11 is 0. The molecule has 20 heavy (non-hydrogen) atoms. The molecule has 2 rings (SSSR count). The minimum Gasteiger partial charge on any atom is -0.480 e. The predicted molar refractivity (Wildman–Crippen MR) is 73.1 cm³/mol. The topological polar surface area (TPSA) is 89.9 Å². The quantitative estimate of drug-likeness (QED) is 0.679. The first-order valence-electron chi connectivity index (χ1n) is 7.40. The molecule has 0 bridgehead atoms. The van der Waals surface area contributed by atoms with Crippen molar-refractivity contribution in [2.45, 2.75) is 44.8 Å². The van der Waals surface area contributed by atoms with Crippen molar-refractivity contribution in [3.05, 3.63) is 0 Å². The molecule has 3 N–H and O–H groups in total. The molecule has 0 saturated carbocycles. The SMILES string of the molecule is CC(CC(=O)N1CC(O)CC1C(=O)O)C1CCCNC1. The van der Waals surface area contributed by atoms with Crippen LogP contribution >= 0.6 is 0 Å². The zero-order chi connectivity index (χ0) is 14.7. The van der Waals surface area contributed by atoms with Crippen LogP contribution in [0.3, 0.4) is 0 Å². The summed E-state index contributed by atoms with van der Waals surface area (Å²) in [4.78, 5) is 24.8. The van der Waals surface area contributed by atoms with Gasteiger partial charge in [0.2, 0.25) is 5.91 Å². The molecule has 1 amide bonds. The van der Waals surface area contributed by atoms with Crippen LogP contribution in [0.4, 0.5) is 0 Å². The number of amides is 1. The van der Waals surface area contributed by atoms with Crippen LogP contribution in [-0.4, -0.2) is 58.8 Å². The van der Waals surface area contributed by atoms with E-state index in [9.17, 15) is 14.7 Å². The fraction of sp³-hybridized carbons (Fsp3) is 0.857. The fourth-order valence-electron chi connectivity index (χ4n) is 3.25. The lowest BCUT2D eigenvalue weighted by Gasteiger charge is -2.30. The van der Waals surface area contributed by atoms with Crippen molar-refractivity contribution in [3.8, 4) is 0 Å². The van der Waals surface area contributed by atoms with Gasteiger partial charge < -0.3 is 20.4 Å². The molecule has 4 unspecified atom stereocenters. The number of nitrogens with zero attached hydrogens (tertiary/aromatic N) is 1. The second-order valence-electron chi connectivity index (χ2n) is 6.08. The van der Waals surface area contributed by atoms with Crippen molar-refractivity contribution < 1.29 is 19.8 Å². The summed E-state index contributed by atoms with van der Waals surface area (Å²) in [6.07, 6.45) is 2.03. The van der Waals surface area contributed by atoms with Crippen molar-refractivity contribution in [3.63, 3.8) is 0 Å². The smallest absolute Gasteiger partial charge is 0.326 e. The van der Waals surface area contributed by atoms with E-state index in [1.54, 1.807) is 0 Å². The maximum Gasteiger partial charge on any atom is 0.326 e. The van der Waals surface area contributed by atoms with Gasteiger partial charge in [0.05, 0.1) is 6.10 Å². The first kappa shape index (κ1) is 15.3. The van der Waals surface area contributed by atoms with Crippen LogP contribution in [0.25, 0.3) is 0 Å². The number of likely N-dealkylation sites (tertiary alicyclic amines) is 1. The molecule has 2 saturated heterocycles. The number of hydrogen-bond donors (Lipinski definition) is 3. The van der Waals surface area contributed by atoms with E-state index < -0.39 is 18.1 Å². The second-order valence-corrected chi connectivity index (χ2v) is 6.08. The Bertz CT molecular complexity index is 368. The van der Waals surface area contributed by atoms with Crippen molar-refractivity contribution in [2.24, 2.45) is 11.8 Å². The molecule has 114 valence electrons. The Balaban J connectivity index is 1.91. The average molecular weight is 284 g/mol. The molecule has 6 heteroatoms. The van der Waals surface area contributed by atoms with Crippen LogP contribution in [0.2, 0.25) is 0 Å². The van der Waals surface area contributed by atoms with Gasteiger partial charge in [0.15, 0.2) is 0 Å². The average Bonchev–Trinajstić information content (AvgIpc) is 2.82. The number of piperidine rings is 1. The molecular weight excluding hydrogens is 260 g/mol. The van der Waals surface area contributed by atoms with Gasteiger partial charge in [-0.1, -0.05) is 6.92 Å². The number of carbonyl (C=O) groups is 2. The molecule has 4 atom stereocenters. The number of carboxylic acid groups (broad SMARTS) is 1. The van der Waals surface area contributed by atoms with Gasteiger partial charge in [-0.3, -0.25) is 4.79 Å². The third kappa shape index (κ3) is 3.49. The largest absolute Gasteiger partial charge is 0.480 e. The second kappa shape index (κ2) is 6.54. The number of carboxylic acids is 1. The fourth-order valence-corrected chi connectivity index (χ4v) is 3.25. The van der Waals surface area contributed by atoms with Crippen LogP contribution in [0.5, 0.6) is 0 Å². The van der Waals surface area contributed by atoms with Crippen molar-refractivity contribution in [1.29, 1.82) is 0 Å². The Hall–Kier alpha value is -1.14. The number of aliphatic hydroxyl groups is 1. The normalized spacial score (nSPS) is 32.1. The lowest BCUT2D eigenvalue weighted by Crippen LogP contribution is -2.42. The highest BCUT2D eigenvalue weighted by atomic mass is 16.4. The highest BCUT2D eigenvalue weighted by molar-refractivity contribution is 5.84. The highest BCUT2D eigenvalue weighted by Gasteiger charge is 2.39. The van der Waals surface area contributed by atoms with Gasteiger partial charge in [0.1, 0.15) is 6.04 Å². The Morgan fingerprint density at radius 2 is 2.20 bits per heavy atom. The van der Waals surface area contributed by atoms with Gasteiger partial charge in [-0.05, 0) is 37.8 Å². The van der Waals surface area contributed by atoms with Gasteiger partial charge in [0, 0.05) is 19.4 Å². The molecule has 0 radical (unpaired) electrons. The van der Waals surface area contributed by atoms with E-state index in [1.807, 2.05) is 0 Å². The number of rotatable bonds is 4. The standard InChI is InChI=1S/C14H24N2O4/c1-9(10-3-2-4-15-7-10)5-13(18)16-8-11(17)6-12(16)14(19)20/h9-12,15,17H,2-8H2,1H3,(H,19,20). The minimum absolute atomic E-state index is 0.139. The molecular formula is C14H24N2O4. The Kier molecular flexibility index (Phi) is 4.99. The number of carbonyl (C=O) groups excluding carboxylic acids is 1. The van der Waals surface area contributed by atoms with Crippen molar-refractivity contribution in [2.75, 3.05) is 19.6 Å². The van der Waals surface area contributed by atoms with Crippen LogP contribution < -0.4 is 5.32 Å². The van der Waals surface area contributed by atoms with E-state index in [4.69, 9.17) is 5.11 Å². The van der Waals surface area contributed by atoms with Gasteiger partial charge in [-0.25, -0.2) is 4.79 Å². The number of hydrogen-bond acceptors (Lipinski definition) is 4. The highest BCUT2D eigenvalue weighted by Crippen LogP contribution is 2.26. The van der Waals surface area contributed by atoms with Crippen molar-refractivity contribution >= 4 is 11.9 Å². The third-order valence-electron chi connectivity index (χ3n) is 4.52. The van der Waals surface area contributed by atoms with E-state index in [0.717, 1.165) is 25.9 Å². The minimum atomic E-state index is -1.03. The number of β-amino-alcohol motifs (C(OH)–C–C–N with tert-alkyl or cyclic N) is 1. The summed E-state index contributed by atoms with van der Waals surface area (Å²) in [6, 6.07) is -0.866. The van der Waals surface area contributed by atoms with E-state index in [1.165, 1.54) is 4.90 Å². The van der Waals surface area contributed by atoms with Gasteiger partial charge in [0.25, 0.3) is 0 Å². The van der Waals surface area contributed by atoms with E-state index in [0.29, 0.717) is 12.3 Å². The molecule has 0 aromatic carbocycles. The molecule has 0 aromatic heterocycles. The van der Waals surface area contributed by atoms with Crippen LogP contribution in [0, 0.1) is 11.8 Å². The zero-order valence-corrected chi connectivity index (χ0v) is 11.9. The maximum absolute atomic E-state index is 12.3. The number of nitrogens with one attached hydrogen (secondary N) is 1. The monoisotopic (exact) mass is 284 g/mol. The van der Waals surface area contributed by atoms with E-state index in [-0.39, 0.29) is 24.8 Å². The van der Waals surface area contributed by atoms with E-state index in [2.05, 4.69) is 12.2 Å². The van der Waals surface area contributed by atoms with E-state index >= 15 is 0 Å². The molecule has 2 heterocycles. The molecule has 2 aliphatic heterocycles. The number of aliphatic hydroxyl groups excluding tert-OH is 1. The summed E-state index contributed by atoms with van der Waals surface area (Å²) in [6.45, 7) is 4.17. The van der Waals surface area contributed by atoms with Crippen LogP contribution in [0.15, 0.2) is 0 Å². The van der Waals surface area contributed by atoms with Crippen LogP contribution in [-0.2, 0) is 9.59 Å². The molecule has 2 fully saturated rings. The Morgan fingerprint density at radius 1 is 1.45 bits per heavy atom. The lowest BCUT2D eigenvalue weighted by molar-refractivity contribution is -0.148. The predicted octanol–water partition coefficient (Wildman–Crippen LogP) is 0.0586. The molecule has 0 aliphatic carbocycles. The van der Waals surface area contributed by atoms with Gasteiger partial charge >= 0.3 is 5.97 Å². The Morgan fingerprint density at radius 3 is 2.80 bits per heavy atom. The first-order valence-corrected chi connectivity index (χ1v) is 7.40. The number of aliphatic carboxylic acids is 1. The first-order chi connectivity index (χ1) is 9.49. The maximum atomic E-state index is 12.3. The summed E-state index contributed by atoms with van der Waals surface area (Å²) in [5.74, 6) is -0.458. The van der Waals surface area contributed by atoms with Gasteiger partial charge in [-0.2, -0.15) is 0 Å². The Labute approximate surface area is 119 Å². The molecule has 2 aliphatic rings. The summed E-state index contributed by atoms with van der Waals surface area (Å²) in [7, 11) is 0. The van der Waals surface area contributed by atoms with Crippen LogP contribution in [0.1, 0.15) is 32.6 Å². The van der Waals surface area contributed by atoms with Crippen molar-refractivity contribution in [1.82, 2.24) is 10.2 Å². The van der Waals surface area contributed by atoms with Gasteiger partial charge in [-0.15, -0.1) is 0 Å². The summed E-state index contributed by atoms with van der Waals surface area (Å²) in [5, 5.41) is 22.0. The lowest BCUT2D eigenvalue weighted by atomic mass is 9.85. The molecule has 0 spiro atoms. The zero-order valence-electron chi connectivity index (χ0n) is 11.9. The molecule has 0 aromatic rings. The third-order valence-corrected chi connectivity index (χ3v) is 4.52. The summed E-state index contributed by atoms with van der Waals surface area (Å²) < 4.78 is 0. The molecule has 6 nitrogen and oxygen atoms in total.